The fraction of sp³-hybridized carbons (Fsp3) is 0. The molecule has 0 saturated heterocycles. The molecule has 108 valence electrons. The molecule has 9 heteroatoms. The molecule has 2 aromatic rings. The number of hydrogen-bond donors (Lipinski definition) is 3. The molecule has 1 heterocycles. The number of halogens is 1. The summed E-state index contributed by atoms with van der Waals surface area (Å²) < 4.78 is 0. The molecule has 0 aliphatic rings. The lowest BCUT2D eigenvalue weighted by atomic mass is 10.2. The average Bonchev–Trinajstić information content (AvgIpc) is 2.95. The smallest absolute Gasteiger partial charge is 0.298 e. The number of amides is 1. The van der Waals surface area contributed by atoms with Crippen LogP contribution >= 0.6 is 11.6 Å². The van der Waals surface area contributed by atoms with Gasteiger partial charge in [0.15, 0.2) is 0 Å². The van der Waals surface area contributed by atoms with Crippen LogP contribution in [0, 0.1) is 10.1 Å². The highest BCUT2D eigenvalue weighted by Gasteiger charge is 2.22. The second-order valence-electron chi connectivity index (χ2n) is 3.95. The number of nitro groups is 1. The third-order valence-electron chi connectivity index (χ3n) is 2.56. The number of hydrogen-bond acceptors (Lipinski definition) is 5. The van der Waals surface area contributed by atoms with Gasteiger partial charge in [0.05, 0.1) is 10.6 Å². The minimum atomic E-state index is -0.727. The maximum absolute atomic E-state index is 11.8. The molecule has 0 aliphatic carbocycles. The van der Waals surface area contributed by atoms with Crippen molar-refractivity contribution in [2.75, 3.05) is 0 Å². The number of carbonyl (C=O) groups is 1. The van der Waals surface area contributed by atoms with Gasteiger partial charge in [0.1, 0.15) is 6.20 Å². The summed E-state index contributed by atoms with van der Waals surface area (Å²) in [4.78, 5) is 21.8. The Morgan fingerprint density at radius 1 is 1.33 bits per heavy atom. The molecule has 0 spiro atoms. The number of nitrogens with one attached hydrogen (secondary N) is 3. The second-order valence-corrected chi connectivity index (χ2v) is 4.39. The van der Waals surface area contributed by atoms with Crippen LogP contribution < -0.4 is 10.9 Å². The molecule has 0 atom stereocenters. The van der Waals surface area contributed by atoms with Gasteiger partial charge in [-0.05, 0) is 17.7 Å². The van der Waals surface area contributed by atoms with Gasteiger partial charge < -0.3 is 0 Å². The lowest BCUT2D eigenvalue weighted by Gasteiger charge is -2.10. The summed E-state index contributed by atoms with van der Waals surface area (Å²) in [5, 5.41) is 17.0. The molecule has 2 rings (SSSR count). The van der Waals surface area contributed by atoms with E-state index in [1.54, 1.807) is 24.3 Å². The van der Waals surface area contributed by atoms with Crippen molar-refractivity contribution in [1.82, 2.24) is 21.0 Å². The van der Waals surface area contributed by atoms with Gasteiger partial charge in [-0.2, -0.15) is 5.10 Å². The Labute approximate surface area is 123 Å². The Morgan fingerprint density at radius 2 is 2.00 bits per heavy atom. The van der Waals surface area contributed by atoms with Crippen molar-refractivity contribution in [1.29, 1.82) is 0 Å². The van der Waals surface area contributed by atoms with E-state index in [1.165, 1.54) is 0 Å². The van der Waals surface area contributed by atoms with Gasteiger partial charge in [-0.1, -0.05) is 30.3 Å². The van der Waals surface area contributed by atoms with E-state index in [2.05, 4.69) is 27.6 Å². The quantitative estimate of drug-likeness (QED) is 0.576. The first-order valence-corrected chi connectivity index (χ1v) is 6.06. The number of aromatic amines is 1. The standard InChI is InChI=1S/C12H10ClN5O3/c1-7(8-2-4-9(13)5-3-8)15-17-12(19)11-10(18(20)21)6-14-16-11/h2-6,15H,1H2,(H,14,16)(H,17,19). The van der Waals surface area contributed by atoms with Crippen LogP contribution in [0.2, 0.25) is 5.02 Å². The molecule has 21 heavy (non-hydrogen) atoms. The van der Waals surface area contributed by atoms with Crippen molar-refractivity contribution in [3.63, 3.8) is 0 Å². The van der Waals surface area contributed by atoms with Gasteiger partial charge in [0.25, 0.3) is 5.91 Å². The number of benzene rings is 1. The second kappa shape index (κ2) is 6.06. The Kier molecular flexibility index (Phi) is 4.19. The summed E-state index contributed by atoms with van der Waals surface area (Å²) in [5.41, 5.74) is 5.31. The first-order valence-electron chi connectivity index (χ1n) is 5.68. The molecular weight excluding hydrogens is 298 g/mol. The van der Waals surface area contributed by atoms with Gasteiger partial charge in [-0.3, -0.25) is 30.9 Å². The predicted octanol–water partition coefficient (Wildman–Crippen LogP) is 1.88. The maximum atomic E-state index is 11.8. The third-order valence-corrected chi connectivity index (χ3v) is 2.81. The third kappa shape index (κ3) is 3.37. The minimum absolute atomic E-state index is 0.253. The SMILES string of the molecule is C=C(NNC(=O)c1[nH]ncc1[N+](=O)[O-])c1ccc(Cl)cc1. The summed E-state index contributed by atoms with van der Waals surface area (Å²) in [6.07, 6.45) is 0.961. The zero-order valence-corrected chi connectivity index (χ0v) is 11.3. The molecule has 3 N–H and O–H groups in total. The number of nitrogens with zero attached hydrogens (tertiary/aromatic N) is 2. The highest BCUT2D eigenvalue weighted by molar-refractivity contribution is 6.30. The lowest BCUT2D eigenvalue weighted by Crippen LogP contribution is -2.36. The van der Waals surface area contributed by atoms with Crippen LogP contribution in [0.4, 0.5) is 5.69 Å². The molecule has 0 unspecified atom stereocenters. The Hall–Kier alpha value is -2.87. The van der Waals surface area contributed by atoms with Gasteiger partial charge in [0, 0.05) is 5.02 Å². The molecule has 8 nitrogen and oxygen atoms in total. The zero-order valence-electron chi connectivity index (χ0n) is 10.6. The van der Waals surface area contributed by atoms with Crippen molar-refractivity contribution in [2.45, 2.75) is 0 Å². The van der Waals surface area contributed by atoms with Crippen LogP contribution in [-0.4, -0.2) is 21.0 Å². The largest absolute Gasteiger partial charge is 0.319 e. The molecular formula is C12H10ClN5O3. The monoisotopic (exact) mass is 307 g/mol. The summed E-state index contributed by atoms with van der Waals surface area (Å²) in [6, 6.07) is 6.77. The number of H-pyrrole nitrogens is 1. The first-order chi connectivity index (χ1) is 9.99. The summed E-state index contributed by atoms with van der Waals surface area (Å²) in [7, 11) is 0. The lowest BCUT2D eigenvalue weighted by molar-refractivity contribution is -0.385. The van der Waals surface area contributed by atoms with E-state index in [4.69, 9.17) is 11.6 Å². The number of rotatable bonds is 5. The summed E-state index contributed by atoms with van der Waals surface area (Å²) in [5.74, 6) is -0.727. The molecule has 0 saturated carbocycles. The predicted molar refractivity (Wildman–Crippen MR) is 76.3 cm³/mol. The molecule has 0 bridgehead atoms. The normalized spacial score (nSPS) is 9.95. The van der Waals surface area contributed by atoms with Crippen LogP contribution in [0.25, 0.3) is 5.70 Å². The molecule has 0 aliphatic heterocycles. The maximum Gasteiger partial charge on any atom is 0.319 e. The van der Waals surface area contributed by atoms with Crippen molar-refractivity contribution < 1.29 is 9.72 Å². The Bertz CT molecular complexity index is 695. The topological polar surface area (TPSA) is 113 Å². The van der Waals surface area contributed by atoms with E-state index in [-0.39, 0.29) is 5.69 Å². The van der Waals surface area contributed by atoms with Crippen LogP contribution in [0.15, 0.2) is 37.0 Å². The number of aromatic nitrogens is 2. The van der Waals surface area contributed by atoms with Gasteiger partial charge in [0.2, 0.25) is 5.69 Å². The molecule has 1 aromatic heterocycles. The van der Waals surface area contributed by atoms with Crippen LogP contribution in [0.1, 0.15) is 16.1 Å². The highest BCUT2D eigenvalue weighted by Crippen LogP contribution is 2.15. The number of carbonyl (C=O) groups excluding carboxylic acids is 1. The van der Waals surface area contributed by atoms with Crippen molar-refractivity contribution in [3.05, 3.63) is 63.4 Å². The fourth-order valence-electron chi connectivity index (χ4n) is 1.50. The van der Waals surface area contributed by atoms with Crippen molar-refractivity contribution >= 4 is 28.9 Å². The van der Waals surface area contributed by atoms with Crippen LogP contribution in [0.5, 0.6) is 0 Å². The summed E-state index contributed by atoms with van der Waals surface area (Å²) in [6.45, 7) is 3.74. The minimum Gasteiger partial charge on any atom is -0.298 e. The Morgan fingerprint density at radius 3 is 2.62 bits per heavy atom. The van der Waals surface area contributed by atoms with Crippen molar-refractivity contribution in [3.8, 4) is 0 Å². The van der Waals surface area contributed by atoms with Gasteiger partial charge in [-0.25, -0.2) is 0 Å². The van der Waals surface area contributed by atoms with Gasteiger partial charge in [-0.15, -0.1) is 0 Å². The van der Waals surface area contributed by atoms with E-state index in [0.29, 0.717) is 16.3 Å². The molecule has 0 fully saturated rings. The van der Waals surface area contributed by atoms with Crippen LogP contribution in [-0.2, 0) is 0 Å². The zero-order chi connectivity index (χ0) is 15.4. The van der Waals surface area contributed by atoms with Gasteiger partial charge >= 0.3 is 5.69 Å². The molecule has 1 aromatic carbocycles. The highest BCUT2D eigenvalue weighted by atomic mass is 35.5. The van der Waals surface area contributed by atoms with E-state index >= 15 is 0 Å². The molecule has 0 radical (unpaired) electrons. The summed E-state index contributed by atoms with van der Waals surface area (Å²) >= 11 is 5.76. The average molecular weight is 308 g/mol. The van der Waals surface area contributed by atoms with E-state index in [0.717, 1.165) is 6.20 Å². The van der Waals surface area contributed by atoms with Crippen molar-refractivity contribution in [2.24, 2.45) is 0 Å². The Balaban J connectivity index is 2.01. The number of hydrazine groups is 1. The van der Waals surface area contributed by atoms with E-state index in [9.17, 15) is 14.9 Å². The molecule has 1 amide bonds. The van der Waals surface area contributed by atoms with Crippen LogP contribution in [0.3, 0.4) is 0 Å². The van der Waals surface area contributed by atoms with E-state index < -0.39 is 16.5 Å². The van der Waals surface area contributed by atoms with E-state index in [1.807, 2.05) is 0 Å². The fourth-order valence-corrected chi connectivity index (χ4v) is 1.63. The first kappa shape index (κ1) is 14.5.